The third-order valence-electron chi connectivity index (χ3n) is 3.66. The molecule has 2 aromatic carbocycles. The Labute approximate surface area is 174 Å². The van der Waals surface area contributed by atoms with Crippen LogP contribution in [-0.2, 0) is 10.0 Å². The lowest BCUT2D eigenvalue weighted by atomic mass is 10.3. The third-order valence-corrected chi connectivity index (χ3v) is 7.03. The number of rotatable bonds is 8. The number of benzene rings is 2. The van der Waals surface area contributed by atoms with Crippen LogP contribution in [0.4, 0.5) is 16.5 Å². The molecule has 10 nitrogen and oxygen atoms in total. The van der Waals surface area contributed by atoms with Crippen molar-refractivity contribution in [2.24, 2.45) is 0 Å². The largest absolute Gasteiger partial charge is 0.495 e. The summed E-state index contributed by atoms with van der Waals surface area (Å²) in [5, 5.41) is 23.0. The van der Waals surface area contributed by atoms with Crippen molar-refractivity contribution < 1.29 is 18.1 Å². The van der Waals surface area contributed by atoms with Crippen molar-refractivity contribution >= 4 is 49.6 Å². The number of methoxy groups -OCH3 is 1. The molecule has 29 heavy (non-hydrogen) atoms. The van der Waals surface area contributed by atoms with Gasteiger partial charge in [-0.25, -0.2) is 13.1 Å². The molecule has 1 heterocycles. The zero-order valence-corrected chi connectivity index (χ0v) is 17.6. The molecule has 3 rings (SSSR count). The van der Waals surface area contributed by atoms with E-state index < -0.39 is 14.9 Å². The quantitative estimate of drug-likeness (QED) is 0.389. The van der Waals surface area contributed by atoms with Crippen LogP contribution in [0.25, 0.3) is 0 Å². The molecule has 0 saturated carbocycles. The summed E-state index contributed by atoms with van der Waals surface area (Å²) in [6, 6.07) is 11.0. The monoisotopic (exact) mass is 453 g/mol. The highest BCUT2D eigenvalue weighted by Crippen LogP contribution is 2.39. The fraction of sp³-hybridized carbons (Fsp3) is 0.125. The molecule has 3 aromatic rings. The maximum absolute atomic E-state index is 11.9. The van der Waals surface area contributed by atoms with E-state index >= 15 is 0 Å². The van der Waals surface area contributed by atoms with Crippen LogP contribution in [0.5, 0.6) is 5.75 Å². The lowest BCUT2D eigenvalue weighted by molar-refractivity contribution is -0.388. The molecule has 2 N–H and O–H groups in total. The van der Waals surface area contributed by atoms with Gasteiger partial charge in [-0.3, -0.25) is 10.1 Å². The van der Waals surface area contributed by atoms with Gasteiger partial charge in [-0.1, -0.05) is 23.5 Å². The highest BCUT2D eigenvalue weighted by atomic mass is 32.2. The molecule has 152 valence electrons. The Kier molecular flexibility index (Phi) is 6.32. The van der Waals surface area contributed by atoms with Gasteiger partial charge in [0.25, 0.3) is 5.69 Å². The van der Waals surface area contributed by atoms with Crippen molar-refractivity contribution in [3.8, 4) is 5.75 Å². The first kappa shape index (κ1) is 21.0. The Morgan fingerprint density at radius 1 is 1.21 bits per heavy atom. The normalized spacial score (nSPS) is 11.2. The van der Waals surface area contributed by atoms with Crippen LogP contribution in [0, 0.1) is 10.1 Å². The van der Waals surface area contributed by atoms with E-state index in [4.69, 9.17) is 4.74 Å². The summed E-state index contributed by atoms with van der Waals surface area (Å²) in [5.41, 5.74) is 0.371. The van der Waals surface area contributed by atoms with Gasteiger partial charge in [-0.15, -0.1) is 10.2 Å². The van der Waals surface area contributed by atoms with E-state index in [0.717, 1.165) is 17.8 Å². The van der Waals surface area contributed by atoms with Crippen molar-refractivity contribution in [2.75, 3.05) is 19.5 Å². The summed E-state index contributed by atoms with van der Waals surface area (Å²) in [5.74, 6) is 0.633. The number of nitro benzene ring substituents is 1. The van der Waals surface area contributed by atoms with Gasteiger partial charge < -0.3 is 10.1 Å². The minimum absolute atomic E-state index is 0.188. The predicted molar refractivity (Wildman–Crippen MR) is 110 cm³/mol. The van der Waals surface area contributed by atoms with Crippen molar-refractivity contribution in [3.63, 3.8) is 0 Å². The zero-order valence-electron chi connectivity index (χ0n) is 15.1. The number of anilines is 2. The smallest absolute Gasteiger partial charge is 0.284 e. The molecule has 0 aliphatic heterocycles. The molecule has 0 fully saturated rings. The van der Waals surface area contributed by atoms with E-state index in [2.05, 4.69) is 20.2 Å². The minimum atomic E-state index is -3.79. The van der Waals surface area contributed by atoms with Crippen LogP contribution in [0.3, 0.4) is 0 Å². The van der Waals surface area contributed by atoms with Gasteiger partial charge in [0.1, 0.15) is 5.75 Å². The lowest BCUT2D eigenvalue weighted by Gasteiger charge is -2.07. The van der Waals surface area contributed by atoms with Gasteiger partial charge in [0.05, 0.1) is 27.5 Å². The average Bonchev–Trinajstić information content (AvgIpc) is 3.15. The van der Waals surface area contributed by atoms with Crippen LogP contribution >= 0.6 is 23.1 Å². The molecule has 0 saturated heterocycles. The predicted octanol–water partition coefficient (Wildman–Crippen LogP) is 3.26. The number of hydrogen-bond donors (Lipinski definition) is 2. The number of para-hydroxylation sites is 2. The highest BCUT2D eigenvalue weighted by Gasteiger charge is 2.22. The van der Waals surface area contributed by atoms with E-state index in [-0.39, 0.29) is 15.5 Å². The zero-order chi connectivity index (χ0) is 21.0. The fourth-order valence-corrected chi connectivity index (χ4v) is 4.83. The van der Waals surface area contributed by atoms with Crippen LogP contribution in [0.15, 0.2) is 56.6 Å². The molecule has 0 atom stereocenters. The maximum Gasteiger partial charge on any atom is 0.284 e. The van der Waals surface area contributed by atoms with Crippen molar-refractivity contribution in [3.05, 3.63) is 52.6 Å². The molecule has 0 amide bonds. The Bertz CT molecular complexity index is 1150. The van der Waals surface area contributed by atoms with Gasteiger partial charge in [0.2, 0.25) is 15.2 Å². The molecule has 0 spiro atoms. The first-order valence-corrected chi connectivity index (χ1v) is 11.1. The summed E-state index contributed by atoms with van der Waals surface area (Å²) < 4.78 is 31.6. The van der Waals surface area contributed by atoms with E-state index in [1.54, 1.807) is 13.2 Å². The number of aromatic nitrogens is 2. The molecule has 1 aromatic heterocycles. The molecule has 0 aliphatic carbocycles. The van der Waals surface area contributed by atoms with E-state index in [9.17, 15) is 18.5 Å². The molecule has 0 bridgehead atoms. The summed E-state index contributed by atoms with van der Waals surface area (Å²) in [6.45, 7) is 0. The Balaban J connectivity index is 1.85. The van der Waals surface area contributed by atoms with E-state index in [0.29, 0.717) is 20.9 Å². The van der Waals surface area contributed by atoms with Gasteiger partial charge in [-0.2, -0.15) is 0 Å². The van der Waals surface area contributed by atoms with Crippen molar-refractivity contribution in [2.45, 2.75) is 14.1 Å². The van der Waals surface area contributed by atoms with Crippen LogP contribution < -0.4 is 14.8 Å². The number of nitrogens with zero attached hydrogens (tertiary/aromatic N) is 3. The second kappa shape index (κ2) is 8.73. The Hall–Kier alpha value is -2.74. The van der Waals surface area contributed by atoms with Crippen LogP contribution in [0.1, 0.15) is 0 Å². The SMILES string of the molecule is CNS(=O)(=O)c1ccc(Sc2nnc(Nc3ccccc3OC)s2)c([N+](=O)[O-])c1. The molecule has 0 radical (unpaired) electrons. The molecular formula is C16H15N5O5S3. The van der Waals surface area contributed by atoms with Crippen LogP contribution in [0.2, 0.25) is 0 Å². The van der Waals surface area contributed by atoms with Gasteiger partial charge in [0.15, 0.2) is 4.34 Å². The Morgan fingerprint density at radius 2 is 1.97 bits per heavy atom. The summed E-state index contributed by atoms with van der Waals surface area (Å²) in [6.07, 6.45) is 0. The van der Waals surface area contributed by atoms with Crippen LogP contribution in [-0.4, -0.2) is 37.7 Å². The topological polar surface area (TPSA) is 136 Å². The van der Waals surface area contributed by atoms with Gasteiger partial charge in [-0.05, 0) is 43.1 Å². The fourth-order valence-electron chi connectivity index (χ4n) is 2.27. The lowest BCUT2D eigenvalue weighted by Crippen LogP contribution is -2.18. The van der Waals surface area contributed by atoms with E-state index in [1.165, 1.54) is 30.5 Å². The molecule has 13 heteroatoms. The summed E-state index contributed by atoms with van der Waals surface area (Å²) in [7, 11) is -1.000. The van der Waals surface area contributed by atoms with Crippen molar-refractivity contribution in [1.29, 1.82) is 0 Å². The van der Waals surface area contributed by atoms with Crippen molar-refractivity contribution in [1.82, 2.24) is 14.9 Å². The standard InChI is InChI=1S/C16H15N5O5S3/c1-17-29(24,25)10-7-8-14(12(9-10)21(22)23)27-16-20-19-15(28-16)18-11-5-3-4-6-13(11)26-2/h3-9,17H,1-2H3,(H,18,19). The number of nitro groups is 1. The second-order valence-corrected chi connectivity index (χ2v) is 9.55. The molecule has 0 aliphatic rings. The third kappa shape index (κ3) is 4.82. The summed E-state index contributed by atoms with van der Waals surface area (Å²) >= 11 is 2.22. The Morgan fingerprint density at radius 3 is 2.66 bits per heavy atom. The first-order valence-electron chi connectivity index (χ1n) is 7.97. The molecular weight excluding hydrogens is 438 g/mol. The van der Waals surface area contributed by atoms with E-state index in [1.807, 2.05) is 18.2 Å². The second-order valence-electron chi connectivity index (χ2n) is 5.39. The summed E-state index contributed by atoms with van der Waals surface area (Å²) in [4.78, 5) is 10.8. The average molecular weight is 454 g/mol. The maximum atomic E-state index is 11.9. The highest BCUT2D eigenvalue weighted by molar-refractivity contribution is 8.01. The number of hydrogen-bond acceptors (Lipinski definition) is 10. The van der Waals surface area contributed by atoms with Gasteiger partial charge in [0, 0.05) is 6.07 Å². The number of nitrogens with one attached hydrogen (secondary N) is 2. The molecule has 0 unspecified atom stereocenters. The minimum Gasteiger partial charge on any atom is -0.495 e. The number of sulfonamides is 1. The van der Waals surface area contributed by atoms with Gasteiger partial charge >= 0.3 is 0 Å². The first-order chi connectivity index (χ1) is 13.8. The number of ether oxygens (including phenoxy) is 1.